The molecule has 0 aromatic carbocycles. The highest BCUT2D eigenvalue weighted by Gasteiger charge is 2.39. The van der Waals surface area contributed by atoms with Crippen LogP contribution in [0.2, 0.25) is 0 Å². The highest BCUT2D eigenvalue weighted by atomic mass is 19.4. The first-order valence-corrected chi connectivity index (χ1v) is 12.7. The first kappa shape index (κ1) is 40.2. The second-order valence-electron chi connectivity index (χ2n) is 9.58. The monoisotopic (exact) mass is 691 g/mol. The molecule has 0 aliphatic rings. The number of aromatic amines is 1. The minimum absolute atomic E-state index is 0.0615. The van der Waals surface area contributed by atoms with E-state index in [2.05, 4.69) is 24.3 Å². The summed E-state index contributed by atoms with van der Waals surface area (Å²) in [5.41, 5.74) is -4.16. The highest BCUT2D eigenvalue weighted by Crippen LogP contribution is 2.20. The van der Waals surface area contributed by atoms with E-state index in [0.717, 1.165) is 22.8 Å². The lowest BCUT2D eigenvalue weighted by molar-refractivity contribution is -0.200. The Labute approximate surface area is 253 Å². The molecule has 23 heteroatoms. The van der Waals surface area contributed by atoms with Gasteiger partial charge in [0, 0.05) is 24.8 Å². The zero-order chi connectivity index (χ0) is 35.3. The molecule has 0 unspecified atom stereocenters. The molecular formula is C23H30F9N5O9. The number of methoxy groups -OCH3 is 1. The molecule has 0 aliphatic heterocycles. The van der Waals surface area contributed by atoms with Gasteiger partial charge in [0.15, 0.2) is 0 Å². The maximum Gasteiger partial charge on any atom is 0.411 e. The summed E-state index contributed by atoms with van der Waals surface area (Å²) in [6.07, 6.45) is -13.9. The van der Waals surface area contributed by atoms with Gasteiger partial charge < -0.3 is 34.5 Å². The van der Waals surface area contributed by atoms with Gasteiger partial charge in [-0.25, -0.2) is 9.59 Å². The molecule has 1 aromatic heterocycles. The number of amides is 3. The van der Waals surface area contributed by atoms with Crippen LogP contribution >= 0.6 is 0 Å². The number of urea groups is 1. The number of hydrogen-bond acceptors (Lipinski definition) is 9. The normalized spacial score (nSPS) is 12.5. The van der Waals surface area contributed by atoms with Gasteiger partial charge in [-0.3, -0.25) is 23.9 Å². The second-order valence-corrected chi connectivity index (χ2v) is 9.58. The van der Waals surface area contributed by atoms with Crippen LogP contribution in [0.25, 0.3) is 0 Å². The summed E-state index contributed by atoms with van der Waals surface area (Å²) < 4.78 is 132. The molecular weight excluding hydrogens is 661 g/mol. The van der Waals surface area contributed by atoms with E-state index in [4.69, 9.17) is 0 Å². The molecule has 264 valence electrons. The average molecular weight is 692 g/mol. The number of hydrogen-bond donors (Lipinski definition) is 3. The Balaban J connectivity index is 3.10. The molecule has 1 rings (SSSR count). The van der Waals surface area contributed by atoms with Crippen molar-refractivity contribution in [3.8, 4) is 0 Å². The molecule has 14 nitrogen and oxygen atoms in total. The van der Waals surface area contributed by atoms with Crippen molar-refractivity contribution in [3.63, 3.8) is 0 Å². The van der Waals surface area contributed by atoms with E-state index in [9.17, 15) is 63.5 Å². The summed E-state index contributed by atoms with van der Waals surface area (Å²) >= 11 is 0. The second kappa shape index (κ2) is 17.2. The number of rotatable bonds is 17. The van der Waals surface area contributed by atoms with Gasteiger partial charge in [-0.05, 0) is 6.92 Å². The fourth-order valence-corrected chi connectivity index (χ4v) is 3.40. The van der Waals surface area contributed by atoms with Gasteiger partial charge in [0.05, 0.1) is 26.9 Å². The van der Waals surface area contributed by atoms with E-state index < -0.39 is 119 Å². The van der Waals surface area contributed by atoms with Crippen LogP contribution in [0.15, 0.2) is 15.8 Å². The molecule has 0 radical (unpaired) electrons. The summed E-state index contributed by atoms with van der Waals surface area (Å²) in [4.78, 5) is 63.6. The van der Waals surface area contributed by atoms with Crippen LogP contribution < -0.4 is 21.9 Å². The quantitative estimate of drug-likeness (QED) is 0.157. The van der Waals surface area contributed by atoms with Crippen molar-refractivity contribution >= 4 is 17.9 Å². The molecule has 0 atom stereocenters. The van der Waals surface area contributed by atoms with Gasteiger partial charge in [-0.2, -0.15) is 39.5 Å². The Hall–Kier alpha value is -3.86. The Kier molecular flexibility index (Phi) is 15.0. The van der Waals surface area contributed by atoms with Gasteiger partial charge in [0.1, 0.15) is 38.4 Å². The van der Waals surface area contributed by atoms with Crippen LogP contribution in [0.4, 0.5) is 44.3 Å². The molecule has 3 N–H and O–H groups in total. The van der Waals surface area contributed by atoms with Gasteiger partial charge in [-0.1, -0.05) is 0 Å². The first-order valence-electron chi connectivity index (χ1n) is 12.7. The number of nitrogens with one attached hydrogen (secondary N) is 3. The average Bonchev–Trinajstić information content (AvgIpc) is 2.88. The van der Waals surface area contributed by atoms with Crippen molar-refractivity contribution in [3.05, 3.63) is 32.6 Å². The topological polar surface area (TPSA) is 170 Å². The van der Waals surface area contributed by atoms with Crippen molar-refractivity contribution in [1.29, 1.82) is 0 Å². The van der Waals surface area contributed by atoms with Crippen molar-refractivity contribution < 1.29 is 72.8 Å². The number of ether oxygens (including phenoxy) is 4. The molecule has 0 spiro atoms. The predicted molar refractivity (Wildman–Crippen MR) is 135 cm³/mol. The number of aromatic nitrogens is 2. The van der Waals surface area contributed by atoms with Crippen molar-refractivity contribution in [2.45, 2.75) is 37.5 Å². The zero-order valence-corrected chi connectivity index (χ0v) is 24.1. The summed E-state index contributed by atoms with van der Waals surface area (Å²) in [5.74, 6) is -1.86. The SMILES string of the molecule is COC(=O)CN(CCNC(=O)NC(COCC(F)(F)F)(COCC(F)(F)F)COCC(F)(F)F)C(=O)Cn1cc(C)c(=O)[nH]c1=O. The zero-order valence-electron chi connectivity index (χ0n) is 24.1. The maximum absolute atomic E-state index is 12.8. The largest absolute Gasteiger partial charge is 0.468 e. The van der Waals surface area contributed by atoms with E-state index >= 15 is 0 Å². The highest BCUT2D eigenvalue weighted by molar-refractivity contribution is 5.82. The van der Waals surface area contributed by atoms with E-state index in [1.54, 1.807) is 0 Å². The summed E-state index contributed by atoms with van der Waals surface area (Å²) in [5, 5.41) is 3.98. The molecule has 0 fully saturated rings. The van der Waals surface area contributed by atoms with E-state index in [1.165, 1.54) is 6.92 Å². The van der Waals surface area contributed by atoms with Crippen LogP contribution in [0, 0.1) is 6.92 Å². The van der Waals surface area contributed by atoms with Gasteiger partial charge in [0.2, 0.25) is 5.91 Å². The lowest BCUT2D eigenvalue weighted by atomic mass is 10.0. The summed E-state index contributed by atoms with van der Waals surface area (Å²) in [7, 11) is 0.981. The Bertz CT molecular complexity index is 1230. The van der Waals surface area contributed by atoms with Crippen molar-refractivity contribution in [1.82, 2.24) is 25.1 Å². The molecule has 1 heterocycles. The van der Waals surface area contributed by atoms with Crippen LogP contribution in [-0.2, 0) is 35.1 Å². The lowest BCUT2D eigenvalue weighted by Crippen LogP contribution is -2.61. The molecule has 0 aliphatic carbocycles. The standard InChI is InChI=1S/C23H30F9N5O9/c1-14-5-37(19(42)34-17(14)40)6-15(38)36(7-16(39)43-2)4-3-33-18(41)35-20(8-44-11-21(24,25)26,9-45-12-22(27,28)29)10-46-13-23(30,31)32/h5H,3-4,6-13H2,1-2H3,(H2,33,35,41)(H,34,40,42). The smallest absolute Gasteiger partial charge is 0.411 e. The number of carbonyl (C=O) groups excluding carboxylic acids is 3. The summed E-state index contributed by atoms with van der Waals surface area (Å²) in [6, 6.07) is -1.39. The molecule has 3 amide bonds. The Morgan fingerprint density at radius 1 is 0.848 bits per heavy atom. The number of aryl methyl sites for hydroxylation is 1. The minimum atomic E-state index is -4.97. The van der Waals surface area contributed by atoms with E-state index in [-0.39, 0.29) is 5.56 Å². The third-order valence-electron chi connectivity index (χ3n) is 5.37. The van der Waals surface area contributed by atoms with E-state index in [0.29, 0.717) is 0 Å². The third kappa shape index (κ3) is 16.5. The van der Waals surface area contributed by atoms with Crippen molar-refractivity contribution in [2.24, 2.45) is 0 Å². The first-order chi connectivity index (χ1) is 21.0. The predicted octanol–water partition coefficient (Wildman–Crippen LogP) is 0.621. The number of alkyl halides is 9. The molecule has 0 saturated carbocycles. The van der Waals surface area contributed by atoms with Crippen LogP contribution in [0.1, 0.15) is 5.56 Å². The minimum Gasteiger partial charge on any atom is -0.468 e. The third-order valence-corrected chi connectivity index (χ3v) is 5.37. The number of H-pyrrole nitrogens is 1. The molecule has 0 saturated heterocycles. The molecule has 1 aromatic rings. The number of nitrogens with zero attached hydrogens (tertiary/aromatic N) is 2. The van der Waals surface area contributed by atoms with E-state index in [1.807, 2.05) is 10.3 Å². The number of carbonyl (C=O) groups is 3. The maximum atomic E-state index is 12.8. The number of halogens is 9. The van der Waals surface area contributed by atoms with Gasteiger partial charge >= 0.3 is 36.2 Å². The molecule has 0 bridgehead atoms. The van der Waals surface area contributed by atoms with Gasteiger partial charge in [-0.15, -0.1) is 0 Å². The van der Waals surface area contributed by atoms with Crippen LogP contribution in [0.5, 0.6) is 0 Å². The summed E-state index contributed by atoms with van der Waals surface area (Å²) in [6.45, 7) is -11.1. The van der Waals surface area contributed by atoms with Crippen molar-refractivity contribution in [2.75, 3.05) is 66.4 Å². The van der Waals surface area contributed by atoms with Crippen LogP contribution in [0.3, 0.4) is 0 Å². The Morgan fingerprint density at radius 2 is 1.33 bits per heavy atom. The fraction of sp³-hybridized carbons (Fsp3) is 0.696. The van der Waals surface area contributed by atoms with Crippen LogP contribution in [-0.4, -0.2) is 123 Å². The lowest BCUT2D eigenvalue weighted by Gasteiger charge is -2.34. The van der Waals surface area contributed by atoms with Gasteiger partial charge in [0.25, 0.3) is 5.56 Å². The Morgan fingerprint density at radius 3 is 1.76 bits per heavy atom. The molecule has 46 heavy (non-hydrogen) atoms. The number of esters is 1. The fourth-order valence-electron chi connectivity index (χ4n) is 3.40.